The minimum atomic E-state index is 0.384. The Kier molecular flexibility index (Phi) is 4.71. The molecule has 2 unspecified atom stereocenters. The summed E-state index contributed by atoms with van der Waals surface area (Å²) in [6.45, 7) is 5.60. The van der Waals surface area contributed by atoms with E-state index in [9.17, 15) is 0 Å². The lowest BCUT2D eigenvalue weighted by atomic mass is 9.96. The van der Waals surface area contributed by atoms with Crippen molar-refractivity contribution in [3.8, 4) is 0 Å². The number of allylic oxidation sites excluding steroid dienone is 1. The fourth-order valence-electron chi connectivity index (χ4n) is 6.21. The average molecular weight is 485 g/mol. The van der Waals surface area contributed by atoms with Gasteiger partial charge in [0, 0.05) is 61.4 Å². The van der Waals surface area contributed by atoms with Crippen LogP contribution in [0.4, 0.5) is 5.82 Å². The molecule has 0 amide bonds. The molecule has 9 nitrogen and oxygen atoms in total. The van der Waals surface area contributed by atoms with E-state index in [1.807, 2.05) is 12.4 Å². The van der Waals surface area contributed by atoms with Crippen molar-refractivity contribution in [2.24, 2.45) is 0 Å². The minimum Gasteiger partial charge on any atom is -0.432 e. The van der Waals surface area contributed by atoms with Crippen molar-refractivity contribution in [3.05, 3.63) is 53.2 Å². The van der Waals surface area contributed by atoms with Crippen LogP contribution in [0.15, 0.2) is 35.0 Å². The highest BCUT2D eigenvalue weighted by atomic mass is 16.5. The number of nitrogens with zero attached hydrogens (tertiary/aromatic N) is 5. The number of aryl methyl sites for hydroxylation is 1. The van der Waals surface area contributed by atoms with E-state index in [1.165, 1.54) is 16.8 Å². The largest absolute Gasteiger partial charge is 0.432 e. The van der Waals surface area contributed by atoms with Gasteiger partial charge in [0.1, 0.15) is 5.52 Å². The number of rotatable bonds is 4. The molecule has 2 atom stereocenters. The standard InChI is InChI=1S/C27H28N6O3/c1-2-20(19-4-5-28-22(19)3-1)25-30-23-21-10-16(13-33-14-18-11-17(33)15-35-18)12-29-27(21)36-24(23)26(31-25)32-6-8-34-9-7-32/h2,4-5,10,12,17-18,28H,1,3,6-9,11,13-15H2. The number of morpholine rings is 2. The van der Waals surface area contributed by atoms with Crippen molar-refractivity contribution in [2.75, 3.05) is 44.4 Å². The van der Waals surface area contributed by atoms with E-state index in [0.29, 0.717) is 36.7 Å². The summed E-state index contributed by atoms with van der Waals surface area (Å²) in [5.41, 5.74) is 6.85. The molecular weight excluding hydrogens is 456 g/mol. The van der Waals surface area contributed by atoms with Crippen molar-refractivity contribution in [2.45, 2.75) is 38.0 Å². The molecule has 1 N–H and O–H groups in total. The number of nitrogens with one attached hydrogen (secondary N) is 1. The normalized spacial score (nSPS) is 24.1. The fraction of sp³-hybridized carbons (Fsp3) is 0.444. The van der Waals surface area contributed by atoms with Crippen molar-refractivity contribution >= 4 is 33.6 Å². The number of ether oxygens (including phenoxy) is 2. The zero-order chi connectivity index (χ0) is 23.6. The van der Waals surface area contributed by atoms with Gasteiger partial charge in [-0.15, -0.1) is 0 Å². The molecule has 0 radical (unpaired) electrons. The van der Waals surface area contributed by atoms with E-state index in [1.54, 1.807) is 0 Å². The van der Waals surface area contributed by atoms with E-state index in [-0.39, 0.29) is 0 Å². The molecular formula is C27H28N6O3. The summed E-state index contributed by atoms with van der Waals surface area (Å²) in [7, 11) is 0. The minimum absolute atomic E-state index is 0.384. The van der Waals surface area contributed by atoms with Crippen LogP contribution in [0.25, 0.3) is 27.8 Å². The molecule has 3 fully saturated rings. The number of furan rings is 1. The number of aromatic nitrogens is 4. The Balaban J connectivity index is 1.27. The van der Waals surface area contributed by atoms with E-state index < -0.39 is 0 Å². The highest BCUT2D eigenvalue weighted by molar-refractivity contribution is 6.05. The number of pyridine rings is 1. The predicted octanol–water partition coefficient (Wildman–Crippen LogP) is 3.29. The summed E-state index contributed by atoms with van der Waals surface area (Å²) in [6.07, 6.45) is 9.71. The highest BCUT2D eigenvalue weighted by Gasteiger charge is 2.38. The summed E-state index contributed by atoms with van der Waals surface area (Å²) in [4.78, 5) is 23.1. The third kappa shape index (κ3) is 3.30. The first kappa shape index (κ1) is 20.9. The maximum Gasteiger partial charge on any atom is 0.229 e. The smallest absolute Gasteiger partial charge is 0.229 e. The van der Waals surface area contributed by atoms with Gasteiger partial charge in [-0.3, -0.25) is 4.90 Å². The van der Waals surface area contributed by atoms with Crippen LogP contribution in [-0.2, 0) is 22.4 Å². The quantitative estimate of drug-likeness (QED) is 0.472. The second-order valence-corrected chi connectivity index (χ2v) is 10.2. The first-order valence-electron chi connectivity index (χ1n) is 12.9. The number of aromatic amines is 1. The van der Waals surface area contributed by atoms with Crippen LogP contribution >= 0.6 is 0 Å². The Hall–Kier alpha value is -3.27. The molecule has 3 aliphatic heterocycles. The molecule has 36 heavy (non-hydrogen) atoms. The molecule has 4 aromatic heterocycles. The monoisotopic (exact) mass is 484 g/mol. The van der Waals surface area contributed by atoms with Crippen molar-refractivity contribution in [1.82, 2.24) is 24.8 Å². The molecule has 4 aromatic rings. The van der Waals surface area contributed by atoms with Gasteiger partial charge in [-0.25, -0.2) is 15.0 Å². The van der Waals surface area contributed by atoms with E-state index in [4.69, 9.17) is 28.8 Å². The third-order valence-corrected chi connectivity index (χ3v) is 8.03. The first-order valence-corrected chi connectivity index (χ1v) is 12.9. The van der Waals surface area contributed by atoms with Crippen molar-refractivity contribution in [3.63, 3.8) is 0 Å². The molecule has 184 valence electrons. The summed E-state index contributed by atoms with van der Waals surface area (Å²) >= 11 is 0. The maximum absolute atomic E-state index is 6.33. The van der Waals surface area contributed by atoms with Crippen molar-refractivity contribution < 1.29 is 13.9 Å². The fourth-order valence-corrected chi connectivity index (χ4v) is 6.21. The molecule has 4 aliphatic rings. The summed E-state index contributed by atoms with van der Waals surface area (Å²) in [5.74, 6) is 1.57. The van der Waals surface area contributed by atoms with E-state index >= 15 is 0 Å². The van der Waals surface area contributed by atoms with Gasteiger partial charge in [-0.05, 0) is 37.0 Å². The van der Waals surface area contributed by atoms with Crippen LogP contribution in [0.2, 0.25) is 0 Å². The molecule has 0 aromatic carbocycles. The number of fused-ring (bicyclic) bond motifs is 6. The van der Waals surface area contributed by atoms with Gasteiger partial charge in [0.2, 0.25) is 5.71 Å². The second-order valence-electron chi connectivity index (χ2n) is 10.2. The Morgan fingerprint density at radius 2 is 2.11 bits per heavy atom. The molecule has 8 rings (SSSR count). The summed E-state index contributed by atoms with van der Waals surface area (Å²) in [5, 5.41) is 0.951. The maximum atomic E-state index is 6.33. The second kappa shape index (κ2) is 8.12. The van der Waals surface area contributed by atoms with Crippen molar-refractivity contribution in [1.29, 1.82) is 0 Å². The van der Waals surface area contributed by atoms with Gasteiger partial charge in [0.05, 0.1) is 31.3 Å². The molecule has 0 saturated carbocycles. The van der Waals surface area contributed by atoms with Gasteiger partial charge in [0.15, 0.2) is 17.2 Å². The number of anilines is 1. The highest BCUT2D eigenvalue weighted by Crippen LogP contribution is 2.37. The number of H-pyrrole nitrogens is 1. The number of hydrogen-bond donors (Lipinski definition) is 1. The topological polar surface area (TPSA) is 92.5 Å². The Labute approximate surface area is 208 Å². The predicted molar refractivity (Wildman–Crippen MR) is 135 cm³/mol. The molecule has 9 heteroatoms. The molecule has 7 heterocycles. The van der Waals surface area contributed by atoms with Crippen LogP contribution in [0, 0.1) is 0 Å². The zero-order valence-corrected chi connectivity index (χ0v) is 20.1. The van der Waals surface area contributed by atoms with E-state index in [2.05, 4.69) is 33.0 Å². The lowest BCUT2D eigenvalue weighted by Crippen LogP contribution is -2.37. The van der Waals surface area contributed by atoms with Crippen LogP contribution in [0.5, 0.6) is 0 Å². The van der Waals surface area contributed by atoms with Crippen LogP contribution in [-0.4, -0.2) is 76.4 Å². The molecule has 2 bridgehead atoms. The summed E-state index contributed by atoms with van der Waals surface area (Å²) in [6, 6.07) is 4.85. The lowest BCUT2D eigenvalue weighted by molar-refractivity contribution is 0.0273. The zero-order valence-electron chi connectivity index (χ0n) is 20.1. The van der Waals surface area contributed by atoms with E-state index in [0.717, 1.165) is 80.2 Å². The average Bonchev–Trinajstić information content (AvgIpc) is 3.72. The van der Waals surface area contributed by atoms with Gasteiger partial charge < -0.3 is 23.8 Å². The van der Waals surface area contributed by atoms with Gasteiger partial charge in [-0.1, -0.05) is 6.08 Å². The number of likely N-dealkylation sites (tertiary alicyclic amines) is 1. The molecule has 0 spiro atoms. The third-order valence-electron chi connectivity index (χ3n) is 8.03. The first-order chi connectivity index (χ1) is 17.8. The lowest BCUT2D eigenvalue weighted by Gasteiger charge is -2.28. The summed E-state index contributed by atoms with van der Waals surface area (Å²) < 4.78 is 17.7. The van der Waals surface area contributed by atoms with Gasteiger partial charge >= 0.3 is 0 Å². The molecule has 3 saturated heterocycles. The van der Waals surface area contributed by atoms with Crippen LogP contribution in [0.3, 0.4) is 0 Å². The van der Waals surface area contributed by atoms with Crippen LogP contribution < -0.4 is 4.90 Å². The Bertz CT molecular complexity index is 1500. The SMILES string of the molecule is C1=C(c2nc(N3CCOCC3)c3oc4ncc(CN5CC6CC5CO6)cc4c3n2)c2cc[nH]c2CC1. The molecule has 1 aliphatic carbocycles. The Morgan fingerprint density at radius 3 is 2.97 bits per heavy atom. The number of hydrogen-bond acceptors (Lipinski definition) is 8. The van der Waals surface area contributed by atoms with Gasteiger partial charge in [0.25, 0.3) is 0 Å². The van der Waals surface area contributed by atoms with Gasteiger partial charge in [-0.2, -0.15) is 0 Å². The van der Waals surface area contributed by atoms with Crippen LogP contribution in [0.1, 0.15) is 35.5 Å². The Morgan fingerprint density at radius 1 is 1.17 bits per heavy atom.